The van der Waals surface area contributed by atoms with E-state index in [1.165, 1.54) is 19.8 Å². The maximum Gasteiger partial charge on any atom is 0.256 e. The number of anilines is 1. The molecule has 2 fully saturated rings. The maximum atomic E-state index is 13.8. The second-order valence-electron chi connectivity index (χ2n) is 10.3. The van der Waals surface area contributed by atoms with Crippen LogP contribution >= 0.6 is 11.6 Å². The minimum absolute atomic E-state index is 0.157. The zero-order valence-corrected chi connectivity index (χ0v) is 23.1. The molecule has 2 atom stereocenters. The monoisotopic (exact) mass is 523 g/mol. The SMILES string of the molecule is C=C(/C=C1/N=C(N2CC[C@H](CC)C2)C(C)=CN1C)[C@@H]1CCCCN1C(=O)c1cc(Cl)ccc1NC(C)=O. The predicted molar refractivity (Wildman–Crippen MR) is 151 cm³/mol. The Morgan fingerprint density at radius 2 is 2.03 bits per heavy atom. The number of amides is 2. The fourth-order valence-corrected chi connectivity index (χ4v) is 5.64. The lowest BCUT2D eigenvalue weighted by Crippen LogP contribution is -2.44. The Morgan fingerprint density at radius 3 is 2.73 bits per heavy atom. The van der Waals surface area contributed by atoms with Crippen LogP contribution < -0.4 is 5.32 Å². The quantitative estimate of drug-likeness (QED) is 0.540. The van der Waals surface area contributed by atoms with Crippen molar-refractivity contribution in [1.29, 1.82) is 0 Å². The van der Waals surface area contributed by atoms with Crippen LogP contribution in [-0.2, 0) is 4.79 Å². The number of benzene rings is 1. The average Bonchev–Trinajstić information content (AvgIpc) is 3.35. The van der Waals surface area contributed by atoms with Gasteiger partial charge in [-0.15, -0.1) is 0 Å². The first kappa shape index (κ1) is 27.0. The van der Waals surface area contributed by atoms with Crippen LogP contribution in [0.25, 0.3) is 0 Å². The molecule has 0 aliphatic carbocycles. The minimum atomic E-state index is -0.235. The van der Waals surface area contributed by atoms with Gasteiger partial charge >= 0.3 is 0 Å². The zero-order chi connectivity index (χ0) is 26.7. The molecule has 0 unspecified atom stereocenters. The van der Waals surface area contributed by atoms with Gasteiger partial charge in [0, 0.05) is 50.4 Å². The number of aliphatic imine (C=N–C) groups is 1. The normalized spacial score (nSPS) is 23.2. The van der Waals surface area contributed by atoms with Crippen molar-refractivity contribution in [1.82, 2.24) is 14.7 Å². The second-order valence-corrected chi connectivity index (χ2v) is 10.8. The molecule has 1 aromatic carbocycles. The van der Waals surface area contributed by atoms with Gasteiger partial charge in [-0.1, -0.05) is 31.5 Å². The maximum absolute atomic E-state index is 13.8. The molecule has 198 valence electrons. The molecule has 3 aliphatic rings. The molecular formula is C29H38ClN5O2. The Kier molecular flexibility index (Phi) is 8.42. The van der Waals surface area contributed by atoms with E-state index in [2.05, 4.69) is 36.8 Å². The van der Waals surface area contributed by atoms with Gasteiger partial charge in [0.25, 0.3) is 5.91 Å². The third kappa shape index (κ3) is 6.09. The molecule has 1 aromatic rings. The van der Waals surface area contributed by atoms with E-state index in [0.29, 0.717) is 28.7 Å². The average molecular weight is 524 g/mol. The second kappa shape index (κ2) is 11.5. The highest BCUT2D eigenvalue weighted by atomic mass is 35.5. The van der Waals surface area contributed by atoms with Gasteiger partial charge in [-0.3, -0.25) is 9.59 Å². The number of nitrogens with zero attached hydrogens (tertiary/aromatic N) is 4. The van der Waals surface area contributed by atoms with E-state index < -0.39 is 0 Å². The number of hydrogen-bond acceptors (Lipinski definition) is 5. The summed E-state index contributed by atoms with van der Waals surface area (Å²) in [5, 5.41) is 3.22. The summed E-state index contributed by atoms with van der Waals surface area (Å²) in [5.41, 5.74) is 2.86. The summed E-state index contributed by atoms with van der Waals surface area (Å²) in [6.45, 7) is 12.9. The number of carbonyl (C=O) groups excluding carboxylic acids is 2. The topological polar surface area (TPSA) is 68.2 Å². The van der Waals surface area contributed by atoms with Crippen molar-refractivity contribution in [2.45, 2.75) is 58.9 Å². The molecule has 0 radical (unpaired) electrons. The Morgan fingerprint density at radius 1 is 1.24 bits per heavy atom. The van der Waals surface area contributed by atoms with Crippen LogP contribution in [0.15, 0.2) is 59.0 Å². The number of amidine groups is 1. The lowest BCUT2D eigenvalue weighted by Gasteiger charge is -2.37. The van der Waals surface area contributed by atoms with Crippen LogP contribution in [0.5, 0.6) is 0 Å². The van der Waals surface area contributed by atoms with Crippen molar-refractivity contribution < 1.29 is 9.59 Å². The number of nitrogens with one attached hydrogen (secondary N) is 1. The van der Waals surface area contributed by atoms with Gasteiger partial charge in [0.1, 0.15) is 11.7 Å². The van der Waals surface area contributed by atoms with Gasteiger partial charge in [0.05, 0.1) is 17.3 Å². The van der Waals surface area contributed by atoms with E-state index in [9.17, 15) is 9.59 Å². The fraction of sp³-hybridized carbons (Fsp3) is 0.483. The molecule has 1 N–H and O–H groups in total. The standard InChI is InChI=1S/C29H38ClN5O2/c1-6-22-12-14-34(18-22)28-20(3)17-33(5)27(32-28)15-19(2)26-9-7-8-13-35(26)29(37)24-16-23(30)10-11-25(24)31-21(4)36/h10-11,15-17,22,26H,2,6-9,12-14,18H2,1,3-5H3,(H,31,36)/b27-15-/t22-,26-/m0/s1. The molecule has 0 saturated carbocycles. The van der Waals surface area contributed by atoms with E-state index in [-0.39, 0.29) is 17.9 Å². The molecule has 3 aliphatic heterocycles. The molecule has 2 amide bonds. The van der Waals surface area contributed by atoms with E-state index in [4.69, 9.17) is 16.6 Å². The van der Waals surface area contributed by atoms with Crippen LogP contribution in [0.3, 0.4) is 0 Å². The van der Waals surface area contributed by atoms with E-state index in [1.54, 1.807) is 18.2 Å². The summed E-state index contributed by atoms with van der Waals surface area (Å²) in [6, 6.07) is 4.82. The Balaban J connectivity index is 1.60. The third-order valence-electron chi connectivity index (χ3n) is 7.51. The first-order valence-corrected chi connectivity index (χ1v) is 13.6. The lowest BCUT2D eigenvalue weighted by molar-refractivity contribution is -0.114. The predicted octanol–water partition coefficient (Wildman–Crippen LogP) is 5.67. The van der Waals surface area contributed by atoms with Gasteiger partial charge < -0.3 is 20.0 Å². The first-order valence-electron chi connectivity index (χ1n) is 13.2. The Labute approximate surface area is 225 Å². The molecule has 4 rings (SSSR count). The summed E-state index contributed by atoms with van der Waals surface area (Å²) in [4.78, 5) is 36.8. The number of rotatable bonds is 5. The molecule has 37 heavy (non-hydrogen) atoms. The van der Waals surface area contributed by atoms with Crippen molar-refractivity contribution in [3.63, 3.8) is 0 Å². The van der Waals surface area contributed by atoms with Gasteiger partial charge in [0.2, 0.25) is 5.91 Å². The van der Waals surface area contributed by atoms with Crippen molar-refractivity contribution in [2.75, 3.05) is 32.0 Å². The molecule has 7 nitrogen and oxygen atoms in total. The lowest BCUT2D eigenvalue weighted by atomic mass is 9.94. The molecule has 0 spiro atoms. The summed E-state index contributed by atoms with van der Waals surface area (Å²) in [6.07, 6.45) is 9.28. The summed E-state index contributed by atoms with van der Waals surface area (Å²) >= 11 is 6.24. The molecule has 0 bridgehead atoms. The Bertz CT molecular complexity index is 1170. The number of piperidine rings is 1. The smallest absolute Gasteiger partial charge is 0.256 e. The highest BCUT2D eigenvalue weighted by Gasteiger charge is 2.31. The summed E-state index contributed by atoms with van der Waals surface area (Å²) in [5.74, 6) is 2.18. The summed E-state index contributed by atoms with van der Waals surface area (Å²) < 4.78 is 0. The molecule has 3 heterocycles. The van der Waals surface area contributed by atoms with Gasteiger partial charge in [0.15, 0.2) is 0 Å². The zero-order valence-electron chi connectivity index (χ0n) is 22.4. The van der Waals surface area contributed by atoms with Crippen molar-refractivity contribution >= 4 is 34.9 Å². The van der Waals surface area contributed by atoms with Crippen LogP contribution in [-0.4, -0.2) is 65.1 Å². The van der Waals surface area contributed by atoms with Crippen molar-refractivity contribution in [2.24, 2.45) is 10.9 Å². The highest BCUT2D eigenvalue weighted by molar-refractivity contribution is 6.31. The van der Waals surface area contributed by atoms with Gasteiger partial charge in [-0.25, -0.2) is 4.99 Å². The molecule has 2 saturated heterocycles. The summed E-state index contributed by atoms with van der Waals surface area (Å²) in [7, 11) is 2.00. The van der Waals surface area contributed by atoms with Crippen LogP contribution in [0.2, 0.25) is 5.02 Å². The number of likely N-dealkylation sites (tertiary alicyclic amines) is 2. The first-order chi connectivity index (χ1) is 17.7. The number of hydrogen-bond donors (Lipinski definition) is 1. The Hall–Kier alpha value is -3.06. The number of halogens is 1. The van der Waals surface area contributed by atoms with Crippen molar-refractivity contribution in [3.8, 4) is 0 Å². The van der Waals surface area contributed by atoms with Crippen LogP contribution in [0.1, 0.15) is 63.2 Å². The molecule has 8 heteroatoms. The fourth-order valence-electron chi connectivity index (χ4n) is 5.47. The number of carbonyl (C=O) groups is 2. The van der Waals surface area contributed by atoms with Gasteiger partial charge in [-0.05, 0) is 68.4 Å². The molecule has 0 aromatic heterocycles. The van der Waals surface area contributed by atoms with Crippen molar-refractivity contribution in [3.05, 3.63) is 64.6 Å². The third-order valence-corrected chi connectivity index (χ3v) is 7.75. The minimum Gasteiger partial charge on any atom is -0.356 e. The van der Waals surface area contributed by atoms with Crippen LogP contribution in [0, 0.1) is 5.92 Å². The van der Waals surface area contributed by atoms with E-state index in [0.717, 1.165) is 55.2 Å². The van der Waals surface area contributed by atoms with E-state index >= 15 is 0 Å². The largest absolute Gasteiger partial charge is 0.356 e. The molecular weight excluding hydrogens is 486 g/mol. The highest BCUT2D eigenvalue weighted by Crippen LogP contribution is 2.31. The van der Waals surface area contributed by atoms with Crippen LogP contribution in [0.4, 0.5) is 5.69 Å². The van der Waals surface area contributed by atoms with Gasteiger partial charge in [-0.2, -0.15) is 0 Å². The van der Waals surface area contributed by atoms with E-state index in [1.807, 2.05) is 22.9 Å².